The second kappa shape index (κ2) is 7.40. The Morgan fingerprint density at radius 1 is 0.771 bits per heavy atom. The number of aromatic nitrogens is 1. The van der Waals surface area contributed by atoms with Crippen molar-refractivity contribution in [3.63, 3.8) is 0 Å². The van der Waals surface area contributed by atoms with Crippen LogP contribution in [-0.4, -0.2) is 4.98 Å². The minimum absolute atomic E-state index is 0.0554. The quantitative estimate of drug-likeness (QED) is 0.234. The van der Waals surface area contributed by atoms with Crippen LogP contribution in [0.25, 0.3) is 42.2 Å². The lowest BCUT2D eigenvalue weighted by Crippen LogP contribution is -2.33. The molecule has 2 aromatic heterocycles. The van der Waals surface area contributed by atoms with Gasteiger partial charge in [0.15, 0.2) is 0 Å². The molecule has 0 amide bonds. The van der Waals surface area contributed by atoms with E-state index in [2.05, 4.69) is 103 Å². The van der Waals surface area contributed by atoms with Crippen molar-refractivity contribution in [2.75, 3.05) is 0 Å². The predicted octanol–water partition coefficient (Wildman–Crippen LogP) is 9.92. The summed E-state index contributed by atoms with van der Waals surface area (Å²) in [6.45, 7) is 16.6. The van der Waals surface area contributed by atoms with Gasteiger partial charge in [0.25, 0.3) is 0 Å². The summed E-state index contributed by atoms with van der Waals surface area (Å²) in [5, 5.41) is 5.34. The molecular formula is C33H35NS. The summed E-state index contributed by atoms with van der Waals surface area (Å²) >= 11 is 1.91. The number of nitrogens with zero attached hydrogens (tertiary/aromatic N) is 1. The normalized spacial score (nSPS) is 17.2. The van der Waals surface area contributed by atoms with Crippen LogP contribution in [0, 0.1) is 0 Å². The standard InChI is InChI=1S/C33H35NS/c1-31(2,3)25-17-21(16-20-10-8-9-11-22(20)25)29-30-23(12-15-34-29)24-18-26-27(19-28(24)35-30)33(6,7)14-13-32(26,4)5/h8-12,15-19H,13-14H2,1-7H3. The summed E-state index contributed by atoms with van der Waals surface area (Å²) in [6, 6.07) is 20.7. The molecular weight excluding hydrogens is 442 g/mol. The van der Waals surface area contributed by atoms with Gasteiger partial charge in [-0.05, 0) is 86.9 Å². The van der Waals surface area contributed by atoms with Crippen molar-refractivity contribution in [3.8, 4) is 11.3 Å². The molecule has 0 saturated carbocycles. The molecule has 0 spiro atoms. The summed E-state index contributed by atoms with van der Waals surface area (Å²) in [5.41, 5.74) is 7.25. The van der Waals surface area contributed by atoms with Crippen LogP contribution in [0.4, 0.5) is 0 Å². The van der Waals surface area contributed by atoms with E-state index in [9.17, 15) is 0 Å². The average molecular weight is 478 g/mol. The SMILES string of the molecule is CC(C)(C)c1cc(-c2nccc3c2sc2cc4c(cc23)C(C)(C)CCC4(C)C)cc2ccccc12. The van der Waals surface area contributed by atoms with E-state index in [0.717, 1.165) is 5.69 Å². The number of fused-ring (bicyclic) bond motifs is 5. The summed E-state index contributed by atoms with van der Waals surface area (Å²) in [7, 11) is 0. The Hall–Kier alpha value is -2.71. The highest BCUT2D eigenvalue weighted by Crippen LogP contribution is 2.50. The highest BCUT2D eigenvalue weighted by molar-refractivity contribution is 7.26. The minimum atomic E-state index is 0.0554. The molecule has 0 radical (unpaired) electrons. The molecule has 5 aromatic rings. The van der Waals surface area contributed by atoms with E-state index < -0.39 is 0 Å². The van der Waals surface area contributed by atoms with Crippen LogP contribution in [0.3, 0.4) is 0 Å². The van der Waals surface area contributed by atoms with Gasteiger partial charge in [-0.15, -0.1) is 11.3 Å². The molecule has 0 atom stereocenters. The predicted molar refractivity (Wildman–Crippen MR) is 154 cm³/mol. The number of hydrogen-bond acceptors (Lipinski definition) is 2. The van der Waals surface area contributed by atoms with Crippen LogP contribution in [0.5, 0.6) is 0 Å². The van der Waals surface area contributed by atoms with Gasteiger partial charge < -0.3 is 0 Å². The average Bonchev–Trinajstić information content (AvgIpc) is 3.18. The molecule has 1 aliphatic carbocycles. The summed E-state index contributed by atoms with van der Waals surface area (Å²) in [6.07, 6.45) is 4.48. The molecule has 0 N–H and O–H groups in total. The number of thiophene rings is 1. The van der Waals surface area contributed by atoms with Crippen LogP contribution < -0.4 is 0 Å². The number of hydrogen-bond donors (Lipinski definition) is 0. The monoisotopic (exact) mass is 477 g/mol. The van der Waals surface area contributed by atoms with Gasteiger partial charge in [0.1, 0.15) is 0 Å². The molecule has 6 rings (SSSR count). The number of rotatable bonds is 1. The lowest BCUT2D eigenvalue weighted by atomic mass is 9.63. The van der Waals surface area contributed by atoms with E-state index in [0.29, 0.717) is 0 Å². The maximum absolute atomic E-state index is 4.97. The van der Waals surface area contributed by atoms with E-state index in [1.807, 2.05) is 17.5 Å². The molecule has 1 nitrogen and oxygen atoms in total. The minimum Gasteiger partial charge on any atom is -0.255 e. The fourth-order valence-corrected chi connectivity index (χ4v) is 7.27. The van der Waals surface area contributed by atoms with Crippen molar-refractivity contribution < 1.29 is 0 Å². The fraction of sp³-hybridized carbons (Fsp3) is 0.364. The van der Waals surface area contributed by atoms with Crippen LogP contribution in [-0.2, 0) is 16.2 Å². The van der Waals surface area contributed by atoms with Gasteiger partial charge in [-0.1, -0.05) is 72.7 Å². The third-order valence-electron chi connectivity index (χ3n) is 8.30. The van der Waals surface area contributed by atoms with Crippen molar-refractivity contribution in [2.24, 2.45) is 0 Å². The zero-order valence-corrected chi connectivity index (χ0v) is 22.9. The molecule has 178 valence electrons. The zero-order chi connectivity index (χ0) is 24.8. The highest BCUT2D eigenvalue weighted by atomic mass is 32.1. The molecule has 35 heavy (non-hydrogen) atoms. The molecule has 0 unspecified atom stereocenters. The van der Waals surface area contributed by atoms with E-state index >= 15 is 0 Å². The largest absolute Gasteiger partial charge is 0.255 e. The van der Waals surface area contributed by atoms with Gasteiger partial charge in [0.05, 0.1) is 10.4 Å². The smallest absolute Gasteiger partial charge is 0.0880 e. The summed E-state index contributed by atoms with van der Waals surface area (Å²) in [4.78, 5) is 4.97. The first kappa shape index (κ1) is 22.7. The van der Waals surface area contributed by atoms with Gasteiger partial charge in [-0.3, -0.25) is 4.98 Å². The molecule has 0 aliphatic heterocycles. The molecule has 2 heterocycles. The van der Waals surface area contributed by atoms with Gasteiger partial charge in [0.2, 0.25) is 0 Å². The van der Waals surface area contributed by atoms with E-state index in [4.69, 9.17) is 4.98 Å². The number of benzene rings is 3. The number of pyridine rings is 1. The van der Waals surface area contributed by atoms with Crippen LogP contribution >= 0.6 is 11.3 Å². The first-order valence-electron chi connectivity index (χ1n) is 12.9. The van der Waals surface area contributed by atoms with Crippen LogP contribution in [0.15, 0.2) is 60.8 Å². The fourth-order valence-electron chi connectivity index (χ4n) is 6.04. The van der Waals surface area contributed by atoms with E-state index in [1.165, 1.54) is 66.0 Å². The Bertz CT molecular complexity index is 1620. The van der Waals surface area contributed by atoms with E-state index in [-0.39, 0.29) is 16.2 Å². The highest BCUT2D eigenvalue weighted by Gasteiger charge is 2.37. The molecule has 1 aliphatic rings. The van der Waals surface area contributed by atoms with Crippen molar-refractivity contribution >= 4 is 42.3 Å². The first-order valence-corrected chi connectivity index (χ1v) is 13.7. The first-order chi connectivity index (χ1) is 16.5. The molecule has 0 saturated heterocycles. The van der Waals surface area contributed by atoms with Crippen molar-refractivity contribution in [2.45, 2.75) is 77.6 Å². The Morgan fingerprint density at radius 3 is 2.17 bits per heavy atom. The Balaban J connectivity index is 1.65. The van der Waals surface area contributed by atoms with Crippen molar-refractivity contribution in [3.05, 3.63) is 77.5 Å². The van der Waals surface area contributed by atoms with Crippen LogP contribution in [0.1, 0.15) is 78.0 Å². The Labute approximate surface area is 213 Å². The third-order valence-corrected chi connectivity index (χ3v) is 9.48. The van der Waals surface area contributed by atoms with Crippen molar-refractivity contribution in [1.29, 1.82) is 0 Å². The topological polar surface area (TPSA) is 12.9 Å². The zero-order valence-electron chi connectivity index (χ0n) is 22.0. The second-order valence-corrected chi connectivity index (χ2v) is 13.8. The van der Waals surface area contributed by atoms with Gasteiger partial charge in [-0.25, -0.2) is 0 Å². The lowest BCUT2D eigenvalue weighted by Gasteiger charge is -2.41. The summed E-state index contributed by atoms with van der Waals surface area (Å²) in [5.74, 6) is 0. The molecule has 3 aromatic carbocycles. The van der Waals surface area contributed by atoms with Crippen molar-refractivity contribution in [1.82, 2.24) is 4.98 Å². The van der Waals surface area contributed by atoms with Crippen LogP contribution in [0.2, 0.25) is 0 Å². The van der Waals surface area contributed by atoms with Gasteiger partial charge in [-0.2, -0.15) is 0 Å². The third kappa shape index (κ3) is 3.52. The molecule has 2 heteroatoms. The lowest BCUT2D eigenvalue weighted by molar-refractivity contribution is 0.332. The summed E-state index contributed by atoms with van der Waals surface area (Å²) < 4.78 is 2.69. The Morgan fingerprint density at radius 2 is 1.46 bits per heavy atom. The maximum Gasteiger partial charge on any atom is 0.0880 e. The maximum atomic E-state index is 4.97. The molecule has 0 bridgehead atoms. The molecule has 0 fully saturated rings. The Kier molecular flexibility index (Phi) is 4.81. The van der Waals surface area contributed by atoms with Gasteiger partial charge >= 0.3 is 0 Å². The van der Waals surface area contributed by atoms with Gasteiger partial charge in [0, 0.05) is 27.2 Å². The second-order valence-electron chi connectivity index (χ2n) is 12.8. The van der Waals surface area contributed by atoms with E-state index in [1.54, 1.807) is 0 Å².